The Morgan fingerprint density at radius 3 is 2.57 bits per heavy atom. The van der Waals surface area contributed by atoms with Gasteiger partial charge in [0.2, 0.25) is 0 Å². The summed E-state index contributed by atoms with van der Waals surface area (Å²) in [4.78, 5) is 18.0. The van der Waals surface area contributed by atoms with Gasteiger partial charge in [-0.25, -0.2) is 4.79 Å². The Hall–Kier alpha value is -2.36. The van der Waals surface area contributed by atoms with E-state index in [-0.39, 0.29) is 5.97 Å². The van der Waals surface area contributed by atoms with Crippen molar-refractivity contribution in [2.45, 2.75) is 13.8 Å². The highest BCUT2D eigenvalue weighted by Gasteiger charge is 2.09. The molecule has 2 rings (SSSR count). The maximum atomic E-state index is 11.8. The van der Waals surface area contributed by atoms with E-state index in [1.807, 2.05) is 26.2 Å². The first-order chi connectivity index (χ1) is 10.0. The molecular weight excluding hydrogens is 264 g/mol. The lowest BCUT2D eigenvalue weighted by atomic mass is 10.0. The van der Waals surface area contributed by atoms with E-state index in [1.54, 1.807) is 13.1 Å². The Labute approximate surface area is 125 Å². The van der Waals surface area contributed by atoms with E-state index in [2.05, 4.69) is 28.9 Å². The Kier molecular flexibility index (Phi) is 4.58. The van der Waals surface area contributed by atoms with Crippen LogP contribution in [0.3, 0.4) is 0 Å². The van der Waals surface area contributed by atoms with E-state index in [0.29, 0.717) is 12.2 Å². The summed E-state index contributed by atoms with van der Waals surface area (Å²) in [5, 5.41) is 0. The number of hydrogen-bond acceptors (Lipinski definition) is 4. The molecule has 1 aromatic heterocycles. The van der Waals surface area contributed by atoms with Gasteiger partial charge in [0.25, 0.3) is 0 Å². The minimum atomic E-state index is -0.339. The molecule has 0 aliphatic carbocycles. The number of aromatic nitrogens is 1. The van der Waals surface area contributed by atoms with Crippen LogP contribution in [0.4, 0.5) is 5.69 Å². The van der Waals surface area contributed by atoms with Crippen LogP contribution in [0.15, 0.2) is 36.7 Å². The van der Waals surface area contributed by atoms with Crippen molar-refractivity contribution in [3.63, 3.8) is 0 Å². The molecule has 0 aliphatic rings. The molecule has 21 heavy (non-hydrogen) atoms. The molecule has 0 saturated carbocycles. The van der Waals surface area contributed by atoms with Crippen LogP contribution >= 0.6 is 0 Å². The van der Waals surface area contributed by atoms with E-state index in [9.17, 15) is 4.79 Å². The van der Waals surface area contributed by atoms with E-state index in [0.717, 1.165) is 11.1 Å². The first kappa shape index (κ1) is 15.0. The van der Waals surface area contributed by atoms with Crippen LogP contribution in [-0.2, 0) is 4.74 Å². The van der Waals surface area contributed by atoms with Crippen LogP contribution in [-0.4, -0.2) is 31.7 Å². The first-order valence-corrected chi connectivity index (χ1v) is 6.93. The molecule has 0 fully saturated rings. The van der Waals surface area contributed by atoms with Crippen molar-refractivity contribution in [1.82, 2.24) is 4.98 Å². The van der Waals surface area contributed by atoms with Crippen LogP contribution < -0.4 is 4.90 Å². The monoisotopic (exact) mass is 284 g/mol. The van der Waals surface area contributed by atoms with Gasteiger partial charge in [-0.1, -0.05) is 6.07 Å². The predicted molar refractivity (Wildman–Crippen MR) is 84.7 cm³/mol. The molecule has 1 aromatic carbocycles. The van der Waals surface area contributed by atoms with Crippen molar-refractivity contribution in [3.8, 4) is 11.1 Å². The fourth-order valence-electron chi connectivity index (χ4n) is 2.26. The number of aryl methyl sites for hydroxylation is 1. The van der Waals surface area contributed by atoms with Gasteiger partial charge in [0.05, 0.1) is 12.2 Å². The summed E-state index contributed by atoms with van der Waals surface area (Å²) in [6.45, 7) is 4.22. The summed E-state index contributed by atoms with van der Waals surface area (Å²) in [7, 11) is 4.04. The number of carbonyl (C=O) groups excluding carboxylic acids is 1. The number of carbonyl (C=O) groups is 1. The first-order valence-electron chi connectivity index (χ1n) is 6.93. The highest BCUT2D eigenvalue weighted by atomic mass is 16.5. The Morgan fingerprint density at radius 2 is 1.95 bits per heavy atom. The molecule has 0 aliphatic heterocycles. The summed E-state index contributed by atoms with van der Waals surface area (Å²) < 4.78 is 5.01. The van der Waals surface area contributed by atoms with Gasteiger partial charge in [-0.15, -0.1) is 0 Å². The molecule has 2 aromatic rings. The molecule has 0 saturated heterocycles. The van der Waals surface area contributed by atoms with Gasteiger partial charge in [-0.2, -0.15) is 0 Å². The van der Waals surface area contributed by atoms with Gasteiger partial charge in [0.1, 0.15) is 0 Å². The van der Waals surface area contributed by atoms with Gasteiger partial charge in [0, 0.05) is 37.7 Å². The maximum absolute atomic E-state index is 11.8. The van der Waals surface area contributed by atoms with Gasteiger partial charge >= 0.3 is 5.97 Å². The van der Waals surface area contributed by atoms with E-state index < -0.39 is 0 Å². The van der Waals surface area contributed by atoms with Gasteiger partial charge in [0.15, 0.2) is 0 Å². The normalized spacial score (nSPS) is 10.3. The smallest absolute Gasteiger partial charge is 0.339 e. The van der Waals surface area contributed by atoms with Crippen molar-refractivity contribution >= 4 is 11.7 Å². The van der Waals surface area contributed by atoms with Crippen molar-refractivity contribution in [2.24, 2.45) is 0 Å². The molecule has 0 radical (unpaired) electrons. The molecule has 110 valence electrons. The van der Waals surface area contributed by atoms with Crippen LogP contribution in [0.1, 0.15) is 22.8 Å². The van der Waals surface area contributed by atoms with Crippen molar-refractivity contribution in [3.05, 3.63) is 47.8 Å². The Balaban J connectivity index is 2.36. The third-order valence-electron chi connectivity index (χ3n) is 3.26. The zero-order valence-corrected chi connectivity index (χ0v) is 12.9. The fourth-order valence-corrected chi connectivity index (χ4v) is 2.26. The maximum Gasteiger partial charge on any atom is 0.339 e. The van der Waals surface area contributed by atoms with E-state index in [4.69, 9.17) is 4.74 Å². The highest BCUT2D eigenvalue weighted by molar-refractivity contribution is 5.90. The minimum Gasteiger partial charge on any atom is -0.462 e. The van der Waals surface area contributed by atoms with Crippen molar-refractivity contribution < 1.29 is 9.53 Å². The molecule has 0 N–H and O–H groups in total. The Bertz CT molecular complexity index is 651. The number of pyridine rings is 1. The lowest BCUT2D eigenvalue weighted by Gasteiger charge is -2.16. The Morgan fingerprint density at radius 1 is 1.19 bits per heavy atom. The largest absolute Gasteiger partial charge is 0.462 e. The van der Waals surface area contributed by atoms with E-state index in [1.165, 1.54) is 17.4 Å². The second-order valence-electron chi connectivity index (χ2n) is 5.08. The summed E-state index contributed by atoms with van der Waals surface area (Å²) in [6.07, 6.45) is 3.29. The van der Waals surface area contributed by atoms with Crippen molar-refractivity contribution in [1.29, 1.82) is 0 Å². The average Bonchev–Trinajstić information content (AvgIpc) is 2.47. The van der Waals surface area contributed by atoms with Gasteiger partial charge in [-0.05, 0) is 43.2 Å². The third-order valence-corrected chi connectivity index (χ3v) is 3.26. The molecule has 0 unspecified atom stereocenters. The summed E-state index contributed by atoms with van der Waals surface area (Å²) in [5.41, 5.74) is 4.78. The van der Waals surface area contributed by atoms with Crippen LogP contribution in [0.2, 0.25) is 0 Å². The number of anilines is 1. The molecule has 4 nitrogen and oxygen atoms in total. The fraction of sp³-hybridized carbons (Fsp3) is 0.294. The zero-order valence-electron chi connectivity index (χ0n) is 12.9. The number of ether oxygens (including phenoxy) is 1. The second-order valence-corrected chi connectivity index (χ2v) is 5.08. The molecule has 0 spiro atoms. The number of hydrogen-bond donors (Lipinski definition) is 0. The highest BCUT2D eigenvalue weighted by Crippen LogP contribution is 2.26. The quantitative estimate of drug-likeness (QED) is 0.808. The van der Waals surface area contributed by atoms with Crippen LogP contribution in [0.5, 0.6) is 0 Å². The van der Waals surface area contributed by atoms with Crippen molar-refractivity contribution in [2.75, 3.05) is 25.6 Å². The lowest BCUT2D eigenvalue weighted by Crippen LogP contribution is -2.10. The van der Waals surface area contributed by atoms with Gasteiger partial charge < -0.3 is 9.64 Å². The summed E-state index contributed by atoms with van der Waals surface area (Å²) in [5.74, 6) is -0.339. The molecule has 0 amide bonds. The standard InChI is InChI=1S/C17H20N2O2/c1-5-21-17(20)15-9-14(10-18-11-15)13-6-7-16(19(3)4)12(2)8-13/h6-11H,5H2,1-4H3. The second kappa shape index (κ2) is 6.39. The number of nitrogens with zero attached hydrogens (tertiary/aromatic N) is 2. The van der Waals surface area contributed by atoms with E-state index >= 15 is 0 Å². The molecule has 0 atom stereocenters. The number of benzene rings is 1. The third kappa shape index (κ3) is 3.40. The summed E-state index contributed by atoms with van der Waals surface area (Å²) in [6, 6.07) is 8.02. The van der Waals surface area contributed by atoms with Crippen LogP contribution in [0, 0.1) is 6.92 Å². The molecule has 4 heteroatoms. The lowest BCUT2D eigenvalue weighted by molar-refractivity contribution is 0.0526. The predicted octanol–water partition coefficient (Wildman–Crippen LogP) is 3.30. The minimum absolute atomic E-state index is 0.339. The van der Waals surface area contributed by atoms with Gasteiger partial charge in [-0.3, -0.25) is 4.98 Å². The topological polar surface area (TPSA) is 42.4 Å². The zero-order chi connectivity index (χ0) is 15.4. The molecule has 0 bridgehead atoms. The summed E-state index contributed by atoms with van der Waals surface area (Å²) >= 11 is 0. The number of esters is 1. The van der Waals surface area contributed by atoms with Crippen LogP contribution in [0.25, 0.3) is 11.1 Å². The molecular formula is C17H20N2O2. The molecule has 1 heterocycles. The average molecular weight is 284 g/mol. The number of rotatable bonds is 4. The SMILES string of the molecule is CCOC(=O)c1cncc(-c2ccc(N(C)C)c(C)c2)c1.